The molecule has 1 aliphatic rings. The molecule has 3 rings (SSSR count). The molecule has 156 valence electrons. The van der Waals surface area contributed by atoms with E-state index >= 15 is 0 Å². The lowest BCUT2D eigenvalue weighted by Crippen LogP contribution is -2.33. The maximum atomic E-state index is 12.7. The van der Waals surface area contributed by atoms with Crippen molar-refractivity contribution in [1.82, 2.24) is 4.90 Å². The van der Waals surface area contributed by atoms with Crippen LogP contribution in [-0.4, -0.2) is 41.6 Å². The zero-order valence-corrected chi connectivity index (χ0v) is 18.9. The summed E-state index contributed by atoms with van der Waals surface area (Å²) in [7, 11) is 0. The van der Waals surface area contributed by atoms with Crippen molar-refractivity contribution in [2.75, 3.05) is 19.8 Å². The first-order valence-electron chi connectivity index (χ1n) is 9.36. The van der Waals surface area contributed by atoms with Gasteiger partial charge in [0.15, 0.2) is 17.3 Å². The minimum Gasteiger partial charge on any atom is -0.490 e. The van der Waals surface area contributed by atoms with E-state index in [0.29, 0.717) is 35.8 Å². The fourth-order valence-electron chi connectivity index (χ4n) is 2.82. The van der Waals surface area contributed by atoms with Crippen LogP contribution in [-0.2, 0) is 4.79 Å². The van der Waals surface area contributed by atoms with Crippen molar-refractivity contribution in [2.45, 2.75) is 13.8 Å². The van der Waals surface area contributed by atoms with Gasteiger partial charge in [-0.3, -0.25) is 19.3 Å². The summed E-state index contributed by atoms with van der Waals surface area (Å²) in [6.07, 6.45) is 1.62. The summed E-state index contributed by atoms with van der Waals surface area (Å²) in [5.41, 5.74) is 1.14. The van der Waals surface area contributed by atoms with Gasteiger partial charge in [-0.25, -0.2) is 0 Å². The highest BCUT2D eigenvalue weighted by atomic mass is 79.9. The van der Waals surface area contributed by atoms with E-state index < -0.39 is 11.1 Å². The highest BCUT2D eigenvalue weighted by molar-refractivity contribution is 9.10. The van der Waals surface area contributed by atoms with E-state index in [1.165, 1.54) is 0 Å². The molecule has 0 saturated carbocycles. The molecule has 1 aliphatic heterocycles. The number of imide groups is 1. The predicted octanol–water partition coefficient (Wildman–Crippen LogP) is 5.17. The maximum absolute atomic E-state index is 12.7. The Morgan fingerprint density at radius 3 is 2.37 bits per heavy atom. The molecule has 1 saturated heterocycles. The molecule has 0 bridgehead atoms. The third-order valence-corrected chi connectivity index (χ3v) is 5.64. The second-order valence-electron chi connectivity index (χ2n) is 6.27. The Bertz CT molecular complexity index is 1000. The van der Waals surface area contributed by atoms with E-state index in [-0.39, 0.29) is 17.2 Å². The van der Waals surface area contributed by atoms with E-state index in [9.17, 15) is 14.4 Å². The number of rotatable bonds is 8. The van der Waals surface area contributed by atoms with Crippen molar-refractivity contribution in [3.63, 3.8) is 0 Å². The molecule has 2 aromatic rings. The molecule has 0 aliphatic carbocycles. The molecule has 6 nitrogen and oxygen atoms in total. The van der Waals surface area contributed by atoms with Gasteiger partial charge in [0.25, 0.3) is 11.1 Å². The standard InChI is InChI=1S/C22H20BrNO5S/c1-3-28-18-10-5-14(11-19(18)29-4-2)12-20-21(26)24(22(27)30-20)13-17(25)15-6-8-16(23)9-7-15/h5-12H,3-4,13H2,1-2H3/b20-12+. The van der Waals surface area contributed by atoms with Gasteiger partial charge in [-0.05, 0) is 61.5 Å². The SMILES string of the molecule is CCOc1ccc(/C=C2/SC(=O)N(CC(=O)c3ccc(Br)cc3)C2=O)cc1OCC. The molecule has 2 aromatic carbocycles. The molecule has 0 unspecified atom stereocenters. The second kappa shape index (κ2) is 9.95. The van der Waals surface area contributed by atoms with E-state index in [2.05, 4.69) is 15.9 Å². The van der Waals surface area contributed by atoms with Crippen LogP contribution in [0.5, 0.6) is 11.5 Å². The number of ether oxygens (including phenoxy) is 2. The molecule has 0 radical (unpaired) electrons. The zero-order chi connectivity index (χ0) is 21.7. The van der Waals surface area contributed by atoms with Gasteiger partial charge in [-0.2, -0.15) is 0 Å². The summed E-state index contributed by atoms with van der Waals surface area (Å²) < 4.78 is 12.0. The summed E-state index contributed by atoms with van der Waals surface area (Å²) in [4.78, 5) is 38.8. The van der Waals surface area contributed by atoms with Crippen molar-refractivity contribution in [2.24, 2.45) is 0 Å². The first-order valence-corrected chi connectivity index (χ1v) is 11.0. The Balaban J connectivity index is 1.78. The maximum Gasteiger partial charge on any atom is 0.293 e. The molecule has 2 amide bonds. The topological polar surface area (TPSA) is 72.9 Å². The summed E-state index contributed by atoms with van der Waals surface area (Å²) >= 11 is 4.13. The summed E-state index contributed by atoms with van der Waals surface area (Å²) in [5, 5.41) is -0.465. The van der Waals surface area contributed by atoms with Crippen molar-refractivity contribution in [3.8, 4) is 11.5 Å². The number of carbonyl (C=O) groups is 3. The first-order chi connectivity index (χ1) is 14.4. The van der Waals surface area contributed by atoms with Gasteiger partial charge in [0.1, 0.15) is 0 Å². The first kappa shape index (κ1) is 22.1. The quantitative estimate of drug-likeness (QED) is 0.376. The summed E-state index contributed by atoms with van der Waals surface area (Å²) in [5.74, 6) is 0.399. The van der Waals surface area contributed by atoms with Gasteiger partial charge in [0.2, 0.25) is 0 Å². The van der Waals surface area contributed by atoms with Crippen LogP contribution >= 0.6 is 27.7 Å². The number of ketones is 1. The fourth-order valence-corrected chi connectivity index (χ4v) is 3.92. The third kappa shape index (κ3) is 5.12. The summed E-state index contributed by atoms with van der Waals surface area (Å²) in [6.45, 7) is 4.44. The van der Waals surface area contributed by atoms with Crippen LogP contribution in [0.3, 0.4) is 0 Å². The minimum atomic E-state index is -0.484. The van der Waals surface area contributed by atoms with E-state index in [0.717, 1.165) is 21.1 Å². The Morgan fingerprint density at radius 2 is 1.70 bits per heavy atom. The van der Waals surface area contributed by atoms with E-state index in [4.69, 9.17) is 9.47 Å². The number of hydrogen-bond acceptors (Lipinski definition) is 6. The number of hydrogen-bond donors (Lipinski definition) is 0. The minimum absolute atomic E-state index is 0.259. The molecule has 0 spiro atoms. The van der Waals surface area contributed by atoms with Crippen LogP contribution in [0.15, 0.2) is 51.8 Å². The normalized spacial score (nSPS) is 15.0. The summed E-state index contributed by atoms with van der Waals surface area (Å²) in [6, 6.07) is 12.1. The van der Waals surface area contributed by atoms with Crippen LogP contribution in [0.1, 0.15) is 29.8 Å². The molecule has 0 N–H and O–H groups in total. The van der Waals surface area contributed by atoms with Crippen molar-refractivity contribution in [1.29, 1.82) is 0 Å². The second-order valence-corrected chi connectivity index (χ2v) is 8.18. The number of halogens is 1. The monoisotopic (exact) mass is 489 g/mol. The predicted molar refractivity (Wildman–Crippen MR) is 120 cm³/mol. The van der Waals surface area contributed by atoms with Crippen LogP contribution in [0.2, 0.25) is 0 Å². The average molecular weight is 490 g/mol. The van der Waals surface area contributed by atoms with Gasteiger partial charge in [-0.15, -0.1) is 0 Å². The Hall–Kier alpha value is -2.58. The number of Topliss-reactive ketones (excluding diaryl/α,β-unsaturated/α-hetero) is 1. The molecule has 1 fully saturated rings. The fraction of sp³-hybridized carbons (Fsp3) is 0.227. The molecule has 0 aromatic heterocycles. The van der Waals surface area contributed by atoms with Crippen LogP contribution in [0.4, 0.5) is 4.79 Å². The highest BCUT2D eigenvalue weighted by Gasteiger charge is 2.36. The van der Waals surface area contributed by atoms with Crippen LogP contribution in [0, 0.1) is 0 Å². The van der Waals surface area contributed by atoms with E-state index in [1.807, 2.05) is 13.8 Å². The van der Waals surface area contributed by atoms with Gasteiger partial charge >= 0.3 is 0 Å². The van der Waals surface area contributed by atoms with Crippen LogP contribution in [0.25, 0.3) is 6.08 Å². The van der Waals surface area contributed by atoms with Gasteiger partial charge in [0.05, 0.1) is 24.7 Å². The lowest BCUT2D eigenvalue weighted by atomic mass is 10.1. The molecular weight excluding hydrogens is 470 g/mol. The number of thioether (sulfide) groups is 1. The Labute approximate surface area is 187 Å². The third-order valence-electron chi connectivity index (χ3n) is 4.21. The molecule has 30 heavy (non-hydrogen) atoms. The molecule has 1 heterocycles. The van der Waals surface area contributed by atoms with Gasteiger partial charge < -0.3 is 9.47 Å². The number of carbonyl (C=O) groups excluding carboxylic acids is 3. The molecule has 0 atom stereocenters. The van der Waals surface area contributed by atoms with E-state index in [1.54, 1.807) is 48.5 Å². The number of nitrogens with zero attached hydrogens (tertiary/aromatic N) is 1. The lowest BCUT2D eigenvalue weighted by molar-refractivity contribution is -0.122. The highest BCUT2D eigenvalue weighted by Crippen LogP contribution is 2.34. The Morgan fingerprint density at radius 1 is 1.03 bits per heavy atom. The number of amides is 2. The van der Waals surface area contributed by atoms with Gasteiger partial charge in [-0.1, -0.05) is 34.1 Å². The van der Waals surface area contributed by atoms with Gasteiger partial charge in [0, 0.05) is 10.0 Å². The molecular formula is C22H20BrNO5S. The molecule has 8 heteroatoms. The van der Waals surface area contributed by atoms with Crippen molar-refractivity contribution < 1.29 is 23.9 Å². The van der Waals surface area contributed by atoms with Crippen molar-refractivity contribution in [3.05, 3.63) is 63.0 Å². The smallest absolute Gasteiger partial charge is 0.293 e. The number of benzene rings is 2. The van der Waals surface area contributed by atoms with Crippen molar-refractivity contribution >= 4 is 50.7 Å². The van der Waals surface area contributed by atoms with Crippen LogP contribution < -0.4 is 9.47 Å². The largest absolute Gasteiger partial charge is 0.490 e. The zero-order valence-electron chi connectivity index (χ0n) is 16.5. The average Bonchev–Trinajstić information content (AvgIpc) is 2.98. The lowest BCUT2D eigenvalue weighted by Gasteiger charge is -2.12. The Kier molecular flexibility index (Phi) is 7.33.